The zero-order valence-electron chi connectivity index (χ0n) is 19.5. The summed E-state index contributed by atoms with van der Waals surface area (Å²) >= 11 is 13.6. The standard InChI is InChI=1S/C28H24Br2ClN3O2/c29-21-11-12-25-22(15-21)28(35)34(27(33-25)20-9-5-2-6-10-20)32-16-19-13-23(30)26(24(31)14-19)36-17-18-7-3-1-4-8-18/h1,3-4,7-8,11-16,20H,2,5-6,9-10,17H2. The van der Waals surface area contributed by atoms with Gasteiger partial charge >= 0.3 is 0 Å². The summed E-state index contributed by atoms with van der Waals surface area (Å²) in [4.78, 5) is 18.4. The van der Waals surface area contributed by atoms with Gasteiger partial charge in [0, 0.05) is 10.4 Å². The number of rotatable bonds is 6. The average Bonchev–Trinajstić information content (AvgIpc) is 2.89. The van der Waals surface area contributed by atoms with E-state index in [0.717, 1.165) is 47.1 Å². The van der Waals surface area contributed by atoms with E-state index in [0.29, 0.717) is 32.8 Å². The van der Waals surface area contributed by atoms with Crippen LogP contribution in [0.1, 0.15) is 55.0 Å². The molecule has 1 aliphatic carbocycles. The monoisotopic (exact) mass is 627 g/mol. The van der Waals surface area contributed by atoms with Gasteiger partial charge in [0.2, 0.25) is 0 Å². The van der Waals surface area contributed by atoms with Crippen molar-refractivity contribution < 1.29 is 4.74 Å². The molecule has 5 nitrogen and oxygen atoms in total. The van der Waals surface area contributed by atoms with Crippen LogP contribution in [0, 0.1) is 0 Å². The van der Waals surface area contributed by atoms with Crippen LogP contribution in [0.25, 0.3) is 10.9 Å². The smallest absolute Gasteiger partial charge is 0.282 e. The maximum Gasteiger partial charge on any atom is 0.282 e. The normalized spacial score (nSPS) is 14.5. The molecule has 0 amide bonds. The quantitative estimate of drug-likeness (QED) is 0.203. The lowest BCUT2D eigenvalue weighted by Crippen LogP contribution is -2.25. The molecule has 0 spiro atoms. The first-order chi connectivity index (χ1) is 17.5. The second-order valence-electron chi connectivity index (χ2n) is 8.92. The molecule has 1 aliphatic rings. The third-order valence-electron chi connectivity index (χ3n) is 6.37. The van der Waals surface area contributed by atoms with E-state index < -0.39 is 0 Å². The highest BCUT2D eigenvalue weighted by atomic mass is 79.9. The largest absolute Gasteiger partial charge is 0.486 e. The first-order valence-electron chi connectivity index (χ1n) is 11.9. The van der Waals surface area contributed by atoms with E-state index in [4.69, 9.17) is 21.3 Å². The van der Waals surface area contributed by atoms with Crippen LogP contribution >= 0.6 is 43.5 Å². The number of nitrogens with zero attached hydrogens (tertiary/aromatic N) is 3. The lowest BCUT2D eigenvalue weighted by atomic mass is 9.88. The SMILES string of the molecule is O=c1c2cc(Br)ccc2nc(C2CCCCC2)n1N=Cc1cc(Cl)c(OCc2ccccc2)c(Br)c1. The van der Waals surface area contributed by atoms with Crippen molar-refractivity contribution in [1.82, 2.24) is 9.66 Å². The molecule has 0 saturated heterocycles. The summed E-state index contributed by atoms with van der Waals surface area (Å²) in [6.45, 7) is 0.408. The molecule has 0 atom stereocenters. The van der Waals surface area contributed by atoms with Crippen molar-refractivity contribution >= 4 is 60.6 Å². The van der Waals surface area contributed by atoms with E-state index in [9.17, 15) is 4.79 Å². The first-order valence-corrected chi connectivity index (χ1v) is 13.9. The molecule has 4 aromatic rings. The minimum absolute atomic E-state index is 0.175. The van der Waals surface area contributed by atoms with Gasteiger partial charge in [0.25, 0.3) is 5.56 Å². The van der Waals surface area contributed by atoms with Gasteiger partial charge in [0.05, 0.1) is 26.6 Å². The van der Waals surface area contributed by atoms with Crippen LogP contribution in [0.3, 0.4) is 0 Å². The van der Waals surface area contributed by atoms with E-state index >= 15 is 0 Å². The molecule has 1 heterocycles. The zero-order valence-corrected chi connectivity index (χ0v) is 23.4. The van der Waals surface area contributed by atoms with Crippen LogP contribution < -0.4 is 10.3 Å². The predicted octanol–water partition coefficient (Wildman–Crippen LogP) is 8.08. The lowest BCUT2D eigenvalue weighted by Gasteiger charge is -2.22. The maximum absolute atomic E-state index is 13.5. The van der Waals surface area contributed by atoms with Crippen molar-refractivity contribution in [1.29, 1.82) is 0 Å². The summed E-state index contributed by atoms with van der Waals surface area (Å²) in [6, 6.07) is 19.2. The van der Waals surface area contributed by atoms with Gasteiger partial charge < -0.3 is 4.74 Å². The van der Waals surface area contributed by atoms with Crippen molar-refractivity contribution in [3.63, 3.8) is 0 Å². The topological polar surface area (TPSA) is 56.5 Å². The van der Waals surface area contributed by atoms with Gasteiger partial charge in [0.1, 0.15) is 12.4 Å². The summed E-state index contributed by atoms with van der Waals surface area (Å²) in [5, 5.41) is 5.61. The zero-order chi connectivity index (χ0) is 25.1. The number of aromatic nitrogens is 2. The molecule has 184 valence electrons. The summed E-state index contributed by atoms with van der Waals surface area (Å²) in [5.74, 6) is 1.49. The summed E-state index contributed by atoms with van der Waals surface area (Å²) < 4.78 is 8.97. The molecule has 3 aromatic carbocycles. The van der Waals surface area contributed by atoms with Crippen LogP contribution in [-0.4, -0.2) is 15.9 Å². The van der Waals surface area contributed by atoms with E-state index in [1.165, 1.54) is 11.1 Å². The Balaban J connectivity index is 1.48. The number of ether oxygens (including phenoxy) is 1. The van der Waals surface area contributed by atoms with Crippen LogP contribution in [0.4, 0.5) is 0 Å². The highest BCUT2D eigenvalue weighted by Gasteiger charge is 2.22. The molecule has 1 fully saturated rings. The van der Waals surface area contributed by atoms with Crippen molar-refractivity contribution in [3.05, 3.63) is 102 Å². The third kappa shape index (κ3) is 5.58. The molecular weight excluding hydrogens is 606 g/mol. The molecule has 36 heavy (non-hydrogen) atoms. The molecule has 5 rings (SSSR count). The van der Waals surface area contributed by atoms with E-state index in [2.05, 4.69) is 37.0 Å². The minimum Gasteiger partial charge on any atom is -0.486 e. The first kappa shape index (κ1) is 25.2. The van der Waals surface area contributed by atoms with Gasteiger partial charge in [-0.3, -0.25) is 4.79 Å². The predicted molar refractivity (Wildman–Crippen MR) is 152 cm³/mol. The second-order valence-corrected chi connectivity index (χ2v) is 11.1. The second kappa shape index (κ2) is 11.3. The lowest BCUT2D eigenvalue weighted by molar-refractivity contribution is 0.304. The Kier molecular flexibility index (Phi) is 7.89. The molecule has 0 N–H and O–H groups in total. The molecule has 1 saturated carbocycles. The fraction of sp³-hybridized carbons (Fsp3) is 0.250. The Morgan fingerprint density at radius 1 is 1.06 bits per heavy atom. The highest BCUT2D eigenvalue weighted by Crippen LogP contribution is 2.35. The molecule has 1 aromatic heterocycles. The van der Waals surface area contributed by atoms with Crippen molar-refractivity contribution in [2.45, 2.75) is 44.6 Å². The van der Waals surface area contributed by atoms with Crippen LogP contribution in [0.2, 0.25) is 5.02 Å². The van der Waals surface area contributed by atoms with Gasteiger partial charge in [-0.05, 0) is 70.2 Å². The van der Waals surface area contributed by atoms with Crippen molar-refractivity contribution in [3.8, 4) is 5.75 Å². The van der Waals surface area contributed by atoms with Gasteiger partial charge in [-0.1, -0.05) is 77.1 Å². The number of fused-ring (bicyclic) bond motifs is 1. The Hall–Kier alpha value is -2.48. The fourth-order valence-corrected chi connectivity index (χ4v) is 5.90. The Bertz CT molecular complexity index is 1460. The number of hydrogen-bond donors (Lipinski definition) is 0. The van der Waals surface area contributed by atoms with Gasteiger partial charge in [0.15, 0.2) is 5.75 Å². The van der Waals surface area contributed by atoms with Gasteiger partial charge in [-0.15, -0.1) is 0 Å². The Morgan fingerprint density at radius 3 is 2.58 bits per heavy atom. The number of halogens is 3. The molecule has 0 radical (unpaired) electrons. The highest BCUT2D eigenvalue weighted by molar-refractivity contribution is 9.10. The van der Waals surface area contributed by atoms with E-state index in [-0.39, 0.29) is 11.5 Å². The third-order valence-corrected chi connectivity index (χ3v) is 7.74. The van der Waals surface area contributed by atoms with Crippen LogP contribution in [0.15, 0.2) is 79.5 Å². The van der Waals surface area contributed by atoms with Crippen molar-refractivity contribution in [2.24, 2.45) is 5.10 Å². The Labute approximate surface area is 231 Å². The van der Waals surface area contributed by atoms with E-state index in [1.54, 1.807) is 18.3 Å². The Morgan fingerprint density at radius 2 is 1.83 bits per heavy atom. The summed E-state index contributed by atoms with van der Waals surface area (Å²) in [5.41, 5.74) is 2.32. The summed E-state index contributed by atoms with van der Waals surface area (Å²) in [7, 11) is 0. The maximum atomic E-state index is 13.5. The molecule has 0 unspecified atom stereocenters. The van der Waals surface area contributed by atoms with Gasteiger partial charge in [-0.25, -0.2) is 4.98 Å². The minimum atomic E-state index is -0.175. The molecule has 0 aliphatic heterocycles. The number of benzene rings is 3. The average molecular weight is 630 g/mol. The van der Waals surface area contributed by atoms with Gasteiger partial charge in [-0.2, -0.15) is 9.78 Å². The van der Waals surface area contributed by atoms with Crippen molar-refractivity contribution in [2.75, 3.05) is 0 Å². The molecular formula is C28H24Br2ClN3O2. The molecule has 8 heteroatoms. The van der Waals surface area contributed by atoms with Crippen LogP contribution in [0.5, 0.6) is 5.75 Å². The van der Waals surface area contributed by atoms with Crippen LogP contribution in [-0.2, 0) is 6.61 Å². The summed E-state index contributed by atoms with van der Waals surface area (Å²) in [6.07, 6.45) is 7.15. The fourth-order valence-electron chi connectivity index (χ4n) is 4.55. The van der Waals surface area contributed by atoms with E-state index in [1.807, 2.05) is 48.5 Å². The number of hydrogen-bond acceptors (Lipinski definition) is 4. The molecule has 0 bridgehead atoms.